The first-order valence-electron chi connectivity index (χ1n) is 39.0. The number of carbonyl (C=O) groups excluding carboxylic acids is 6. The van der Waals surface area contributed by atoms with Crippen molar-refractivity contribution in [1.82, 2.24) is 0 Å². The van der Waals surface area contributed by atoms with Crippen molar-refractivity contribution in [3.05, 3.63) is 265 Å². The van der Waals surface area contributed by atoms with Gasteiger partial charge in [-0.1, -0.05) is 123 Å². The van der Waals surface area contributed by atoms with Crippen LogP contribution in [0.3, 0.4) is 0 Å². The molecule has 4 fully saturated rings. The van der Waals surface area contributed by atoms with E-state index in [0.29, 0.717) is 77.6 Å². The first-order valence-corrected chi connectivity index (χ1v) is 39.0. The Morgan fingerprint density at radius 1 is 0.259 bits per heavy atom. The zero-order valence-electron chi connectivity index (χ0n) is 64.5. The van der Waals surface area contributed by atoms with Crippen molar-refractivity contribution in [3.63, 3.8) is 0 Å². The van der Waals surface area contributed by atoms with Gasteiger partial charge < -0.3 is 75.8 Å². The Labute approximate surface area is 672 Å². The molecule has 4 aliphatic heterocycles. The van der Waals surface area contributed by atoms with Gasteiger partial charge in [0.1, 0.15) is 134 Å². The van der Waals surface area contributed by atoms with Crippen LogP contribution in [0.25, 0.3) is 44.5 Å². The summed E-state index contributed by atoms with van der Waals surface area (Å²) in [4.78, 5) is 82.9. The van der Waals surface area contributed by atoms with Gasteiger partial charge in [0.15, 0.2) is 0 Å². The Bertz CT molecular complexity index is 4350. The average molecular weight is 1570 g/mol. The van der Waals surface area contributed by atoms with Gasteiger partial charge in [-0.25, -0.2) is 19.2 Å². The van der Waals surface area contributed by atoms with Crippen molar-refractivity contribution in [2.45, 2.75) is 76.8 Å². The summed E-state index contributed by atoms with van der Waals surface area (Å²) in [5.41, 5.74) is 4.86. The van der Waals surface area contributed by atoms with Gasteiger partial charge in [-0.15, -0.1) is 0 Å². The molecule has 4 heterocycles. The molecule has 0 aromatic heterocycles. The second kappa shape index (κ2) is 38.7. The lowest BCUT2D eigenvalue weighted by atomic mass is 9.93. The minimum absolute atomic E-state index is 0.141. The summed E-state index contributed by atoms with van der Waals surface area (Å²) in [6, 6.07) is 71.3. The van der Waals surface area contributed by atoms with Gasteiger partial charge in [0, 0.05) is 0 Å². The fourth-order valence-corrected chi connectivity index (χ4v) is 12.1. The minimum atomic E-state index is -1.65. The lowest BCUT2D eigenvalue weighted by molar-refractivity contribution is -0.151. The molecule has 0 bridgehead atoms. The van der Waals surface area contributed by atoms with Crippen LogP contribution in [0, 0.1) is 10.8 Å². The third-order valence-electron chi connectivity index (χ3n) is 19.8. The van der Waals surface area contributed by atoms with E-state index in [-0.39, 0.29) is 58.2 Å². The van der Waals surface area contributed by atoms with Crippen LogP contribution in [0.15, 0.2) is 243 Å². The van der Waals surface area contributed by atoms with Crippen molar-refractivity contribution >= 4 is 35.8 Å². The van der Waals surface area contributed by atoms with E-state index in [0.717, 1.165) is 106 Å². The molecule has 0 radical (unpaired) electrons. The molecule has 4 unspecified atom stereocenters. The monoisotopic (exact) mass is 1570 g/mol. The molecule has 0 amide bonds. The van der Waals surface area contributed by atoms with E-state index in [9.17, 15) is 28.8 Å². The zero-order valence-corrected chi connectivity index (χ0v) is 64.5. The standard InChI is InChI=1S/C94H90O22/c1-93(59-111-87(95)71-17-9-63(10-18-71)67-25-33-77(34-26-67)103-51-83-55-107-83,60-112-88(96)72-19-11-64(12-20-72)68-27-35-78(36-28-68)104-52-84-56-108-84)91(99)115-81-45-41-75(42-46-81)101-49-7-5-3-4-6-8-50-102-76-43-47-82(48-44-76)116-92(100)94(2,61-113-89(97)73-21-13-65(14-22-73)69-29-37-79(38-30-69)105-53-85-57-109-85)62-114-90(98)74-23-15-66(16-24-74)70-31-39-80(40-32-70)106-54-86-58-110-86/h9-48,83-86H,3-8,49-62H2,1-2H3. The van der Waals surface area contributed by atoms with Crippen LogP contribution < -0.4 is 37.9 Å². The fourth-order valence-electron chi connectivity index (χ4n) is 12.1. The Morgan fingerprint density at radius 3 is 0.655 bits per heavy atom. The largest absolute Gasteiger partial charge is 0.494 e. The lowest BCUT2D eigenvalue weighted by Crippen LogP contribution is -2.41. The third kappa shape index (κ3) is 23.7. The van der Waals surface area contributed by atoms with Crippen LogP contribution in [0.1, 0.15) is 93.8 Å². The number of epoxide rings is 4. The topological polar surface area (TPSA) is 263 Å². The van der Waals surface area contributed by atoms with Crippen LogP contribution in [-0.4, -0.2) is 153 Å². The van der Waals surface area contributed by atoms with Gasteiger partial charge in [-0.05, 0) is 217 Å². The van der Waals surface area contributed by atoms with E-state index in [1.807, 2.05) is 97.1 Å². The Balaban J connectivity index is 0.515. The molecule has 0 aliphatic carbocycles. The van der Waals surface area contributed by atoms with E-state index in [1.165, 1.54) is 13.8 Å². The maximum Gasteiger partial charge on any atom is 0.338 e. The Kier molecular flexibility index (Phi) is 26.8. The second-order valence-electron chi connectivity index (χ2n) is 29.4. The SMILES string of the molecule is CC(COC(=O)c1ccc(-c2ccc(OCC3CO3)cc2)cc1)(COC(=O)c1ccc(-c2ccc(OCC3CO3)cc2)cc1)C(=O)Oc1ccc(OCCCCCCCCOc2ccc(OC(=O)C(C)(COC(=O)c3ccc(-c4ccc(OCC5CO5)cc4)cc3)COC(=O)c3ccc(-c4ccc(OCC5CO5)cc4)cc3)cc2)cc1. The number of hydrogen-bond donors (Lipinski definition) is 0. The summed E-state index contributed by atoms with van der Waals surface area (Å²) in [5, 5.41) is 0. The van der Waals surface area contributed by atoms with Crippen molar-refractivity contribution < 1.29 is 105 Å². The normalized spacial score (nSPS) is 16.5. The van der Waals surface area contributed by atoms with Gasteiger partial charge in [0.25, 0.3) is 0 Å². The third-order valence-corrected chi connectivity index (χ3v) is 19.8. The smallest absolute Gasteiger partial charge is 0.338 e. The van der Waals surface area contributed by atoms with Crippen LogP contribution in [0.5, 0.6) is 46.0 Å². The van der Waals surface area contributed by atoms with Crippen LogP contribution in [-0.2, 0) is 47.5 Å². The molecule has 22 heteroatoms. The highest BCUT2D eigenvalue weighted by Crippen LogP contribution is 2.33. The maximum absolute atomic E-state index is 14.2. The average Bonchev–Trinajstić information content (AvgIpc) is 1.42. The molecule has 116 heavy (non-hydrogen) atoms. The van der Waals surface area contributed by atoms with E-state index in [4.69, 9.17) is 75.8 Å². The van der Waals surface area contributed by atoms with E-state index in [2.05, 4.69) is 0 Å². The van der Waals surface area contributed by atoms with Crippen LogP contribution in [0.2, 0.25) is 0 Å². The molecule has 4 aliphatic rings. The molecule has 10 aromatic carbocycles. The number of ether oxygens (including phenoxy) is 16. The molecule has 0 spiro atoms. The summed E-state index contributed by atoms with van der Waals surface area (Å²) in [5.74, 6) is 0.159. The first kappa shape index (κ1) is 80.3. The summed E-state index contributed by atoms with van der Waals surface area (Å²) in [6.07, 6.45) is 6.02. The van der Waals surface area contributed by atoms with Gasteiger partial charge in [0.2, 0.25) is 0 Å². The highest BCUT2D eigenvalue weighted by atomic mass is 16.6. The number of benzene rings is 10. The molecule has 4 saturated heterocycles. The van der Waals surface area contributed by atoms with Crippen LogP contribution in [0.4, 0.5) is 0 Å². The number of esters is 6. The van der Waals surface area contributed by atoms with Gasteiger partial charge in [-0.2, -0.15) is 0 Å². The molecule has 22 nitrogen and oxygen atoms in total. The van der Waals surface area contributed by atoms with E-state index < -0.39 is 73.1 Å². The quantitative estimate of drug-likeness (QED) is 0.0113. The van der Waals surface area contributed by atoms with E-state index in [1.54, 1.807) is 146 Å². The summed E-state index contributed by atoms with van der Waals surface area (Å²) in [7, 11) is 0. The molecule has 0 saturated carbocycles. The molecule has 14 rings (SSSR count). The summed E-state index contributed by atoms with van der Waals surface area (Å²) < 4.78 is 91.1. The molecule has 598 valence electrons. The van der Waals surface area contributed by atoms with Crippen molar-refractivity contribution in [3.8, 4) is 90.5 Å². The predicted octanol–water partition coefficient (Wildman–Crippen LogP) is 16.5. The number of carbonyl (C=O) groups is 6. The molecular formula is C94H90O22. The highest BCUT2D eigenvalue weighted by Gasteiger charge is 2.41. The van der Waals surface area contributed by atoms with E-state index >= 15 is 0 Å². The number of hydrogen-bond acceptors (Lipinski definition) is 22. The summed E-state index contributed by atoms with van der Waals surface area (Å²) in [6.45, 7) is 6.88. The molecule has 10 aromatic rings. The van der Waals surface area contributed by atoms with Crippen molar-refractivity contribution in [1.29, 1.82) is 0 Å². The summed E-state index contributed by atoms with van der Waals surface area (Å²) >= 11 is 0. The van der Waals surface area contributed by atoms with Crippen molar-refractivity contribution in [2.24, 2.45) is 10.8 Å². The predicted molar refractivity (Wildman–Crippen MR) is 429 cm³/mol. The van der Waals surface area contributed by atoms with Gasteiger partial charge >= 0.3 is 35.8 Å². The Morgan fingerprint density at radius 2 is 0.440 bits per heavy atom. The zero-order chi connectivity index (χ0) is 80.1. The first-order chi connectivity index (χ1) is 56.6. The highest BCUT2D eigenvalue weighted by molar-refractivity contribution is 5.93. The second-order valence-corrected chi connectivity index (χ2v) is 29.4. The van der Waals surface area contributed by atoms with Crippen LogP contribution >= 0.6 is 0 Å². The molecule has 4 atom stereocenters. The van der Waals surface area contributed by atoms with Gasteiger partial charge in [0.05, 0.1) is 61.9 Å². The lowest BCUT2D eigenvalue weighted by Gasteiger charge is -2.26. The van der Waals surface area contributed by atoms with Gasteiger partial charge in [-0.3, -0.25) is 9.59 Å². The maximum atomic E-state index is 14.2. The fraction of sp³-hybridized carbons (Fsp3) is 0.298. The molecular weight excluding hydrogens is 1480 g/mol. The number of unbranched alkanes of at least 4 members (excludes halogenated alkanes) is 5. The molecule has 0 N–H and O–H groups in total. The van der Waals surface area contributed by atoms with Crippen molar-refractivity contribution in [2.75, 3.05) is 92.5 Å². The Hall–Kier alpha value is -12.3. The number of rotatable bonds is 43. The minimum Gasteiger partial charge on any atom is -0.494 e.